The van der Waals surface area contributed by atoms with Crippen molar-refractivity contribution >= 4 is 16.6 Å². The molecule has 1 aromatic heterocycles. The fourth-order valence-electron chi connectivity index (χ4n) is 5.49. The molecule has 2 aliphatic rings. The molecule has 0 atom stereocenters. The second-order valence-electron chi connectivity index (χ2n) is 10.1. The summed E-state index contributed by atoms with van der Waals surface area (Å²) >= 11 is 0. The van der Waals surface area contributed by atoms with Gasteiger partial charge in [-0.3, -0.25) is 4.79 Å². The molecule has 182 valence electrons. The number of nitrogens with one attached hydrogen (secondary N) is 1. The Balaban J connectivity index is 0.000000172. The number of hydrogen-bond donors (Lipinski definition) is 2. The molecule has 34 heavy (non-hydrogen) atoms. The van der Waals surface area contributed by atoms with E-state index in [0.29, 0.717) is 28.3 Å². The maximum atomic E-state index is 14.3. The number of aromatic nitrogens is 1. The molecular formula is C29H36F2N2O. The summed E-state index contributed by atoms with van der Waals surface area (Å²) in [4.78, 5) is 15.4. The highest BCUT2D eigenvalue weighted by atomic mass is 19.1. The van der Waals surface area contributed by atoms with E-state index in [1.54, 1.807) is 25.1 Å². The van der Waals surface area contributed by atoms with Gasteiger partial charge in [0.25, 0.3) is 0 Å². The third-order valence-corrected chi connectivity index (χ3v) is 7.75. The molecule has 1 heterocycles. The van der Waals surface area contributed by atoms with Crippen molar-refractivity contribution in [1.82, 2.24) is 4.98 Å². The van der Waals surface area contributed by atoms with Crippen molar-refractivity contribution < 1.29 is 8.78 Å². The topological polar surface area (TPSA) is 58.9 Å². The molecule has 0 radical (unpaired) electrons. The standard InChI is InChI=1S/C17H20FNO.C12H16FN/c1-10-11(2)19-16-14(17(10)20)8-13(9-15(16)18)12-6-4-3-5-7-12;13-11-8-10(6-7-12(11)14)9-4-2-1-3-5-9/h8-9,12H,3-7H2,1-2H3,(H,19,20);6-9H,1-5,14H2. The lowest BCUT2D eigenvalue weighted by atomic mass is 9.83. The Morgan fingerprint density at radius 1 is 0.794 bits per heavy atom. The monoisotopic (exact) mass is 466 g/mol. The van der Waals surface area contributed by atoms with Crippen molar-refractivity contribution in [3.05, 3.63) is 74.6 Å². The van der Waals surface area contributed by atoms with Crippen LogP contribution in [0.1, 0.15) is 98.4 Å². The Bertz CT molecular complexity index is 1200. The molecule has 2 aromatic carbocycles. The highest BCUT2D eigenvalue weighted by Gasteiger charge is 2.19. The summed E-state index contributed by atoms with van der Waals surface area (Å²) in [5, 5.41) is 0.494. The van der Waals surface area contributed by atoms with E-state index in [9.17, 15) is 13.6 Å². The maximum Gasteiger partial charge on any atom is 0.192 e. The average molecular weight is 467 g/mol. The summed E-state index contributed by atoms with van der Waals surface area (Å²) in [6.07, 6.45) is 12.2. The van der Waals surface area contributed by atoms with E-state index in [1.807, 2.05) is 19.1 Å². The van der Waals surface area contributed by atoms with Gasteiger partial charge in [0.15, 0.2) is 5.43 Å². The van der Waals surface area contributed by atoms with Crippen molar-refractivity contribution in [2.75, 3.05) is 5.73 Å². The van der Waals surface area contributed by atoms with Gasteiger partial charge < -0.3 is 10.7 Å². The lowest BCUT2D eigenvalue weighted by Gasteiger charge is -2.22. The number of rotatable bonds is 2. The molecule has 0 aliphatic heterocycles. The Kier molecular flexibility index (Phi) is 7.70. The largest absolute Gasteiger partial charge is 0.396 e. The molecule has 3 N–H and O–H groups in total. The number of aryl methyl sites for hydroxylation is 1. The molecular weight excluding hydrogens is 430 g/mol. The summed E-state index contributed by atoms with van der Waals surface area (Å²) < 4.78 is 27.5. The van der Waals surface area contributed by atoms with Crippen LogP contribution in [0, 0.1) is 25.5 Å². The van der Waals surface area contributed by atoms with Gasteiger partial charge in [-0.15, -0.1) is 0 Å². The number of aromatic amines is 1. The van der Waals surface area contributed by atoms with E-state index in [4.69, 9.17) is 5.73 Å². The van der Waals surface area contributed by atoms with E-state index < -0.39 is 0 Å². The van der Waals surface area contributed by atoms with E-state index in [-0.39, 0.29) is 22.8 Å². The Morgan fingerprint density at radius 3 is 1.94 bits per heavy atom. The minimum absolute atomic E-state index is 0.0483. The number of halogens is 2. The summed E-state index contributed by atoms with van der Waals surface area (Å²) in [6.45, 7) is 3.60. The lowest BCUT2D eigenvalue weighted by molar-refractivity contribution is 0.442. The predicted molar refractivity (Wildman–Crippen MR) is 136 cm³/mol. The van der Waals surface area contributed by atoms with Gasteiger partial charge in [0.05, 0.1) is 11.2 Å². The number of pyridine rings is 1. The van der Waals surface area contributed by atoms with Crippen LogP contribution in [0.3, 0.4) is 0 Å². The Labute approximate surface area is 200 Å². The first-order chi connectivity index (χ1) is 16.3. The van der Waals surface area contributed by atoms with Crippen LogP contribution < -0.4 is 11.2 Å². The summed E-state index contributed by atoms with van der Waals surface area (Å²) in [6, 6.07) is 8.77. The third-order valence-electron chi connectivity index (χ3n) is 7.75. The van der Waals surface area contributed by atoms with E-state index in [1.165, 1.54) is 51.4 Å². The predicted octanol–water partition coefficient (Wildman–Crippen LogP) is 7.79. The normalized spacial score (nSPS) is 17.4. The van der Waals surface area contributed by atoms with Crippen LogP contribution in [0.25, 0.3) is 10.9 Å². The minimum Gasteiger partial charge on any atom is -0.396 e. The Hall–Kier alpha value is -2.69. The number of H-pyrrole nitrogens is 1. The zero-order chi connectivity index (χ0) is 24.2. The van der Waals surface area contributed by atoms with E-state index in [0.717, 1.165) is 29.7 Å². The van der Waals surface area contributed by atoms with Gasteiger partial charge in [-0.25, -0.2) is 8.78 Å². The zero-order valence-corrected chi connectivity index (χ0v) is 20.4. The van der Waals surface area contributed by atoms with Crippen molar-refractivity contribution in [2.24, 2.45) is 0 Å². The van der Waals surface area contributed by atoms with Gasteiger partial charge in [-0.2, -0.15) is 0 Å². The van der Waals surface area contributed by atoms with Crippen molar-refractivity contribution in [2.45, 2.75) is 89.9 Å². The van der Waals surface area contributed by atoms with Gasteiger partial charge in [0.2, 0.25) is 0 Å². The van der Waals surface area contributed by atoms with Crippen LogP contribution in [0.5, 0.6) is 0 Å². The molecule has 2 aliphatic carbocycles. The molecule has 3 nitrogen and oxygen atoms in total. The number of hydrogen-bond acceptors (Lipinski definition) is 2. The van der Waals surface area contributed by atoms with Gasteiger partial charge in [-0.1, -0.05) is 44.6 Å². The second-order valence-corrected chi connectivity index (χ2v) is 10.1. The molecule has 5 rings (SSSR count). The highest BCUT2D eigenvalue weighted by molar-refractivity contribution is 5.81. The molecule has 0 spiro atoms. The molecule has 5 heteroatoms. The van der Waals surface area contributed by atoms with Crippen LogP contribution in [-0.4, -0.2) is 4.98 Å². The number of fused-ring (bicyclic) bond motifs is 1. The zero-order valence-electron chi connectivity index (χ0n) is 20.4. The smallest absolute Gasteiger partial charge is 0.192 e. The van der Waals surface area contributed by atoms with Crippen LogP contribution in [0.4, 0.5) is 14.5 Å². The molecule has 0 bridgehead atoms. The molecule has 3 aromatic rings. The maximum absolute atomic E-state index is 14.3. The summed E-state index contributed by atoms with van der Waals surface area (Å²) in [5.74, 6) is 0.388. The fourth-order valence-corrected chi connectivity index (χ4v) is 5.49. The quantitative estimate of drug-likeness (QED) is 0.379. The SMILES string of the molecule is Cc1[nH]c2c(F)cc(C3CCCCC3)cc2c(=O)c1C.Nc1ccc(C2CCCCC2)cc1F. The first-order valence-corrected chi connectivity index (χ1v) is 12.7. The minimum atomic E-state index is -0.303. The van der Waals surface area contributed by atoms with E-state index in [2.05, 4.69) is 4.98 Å². The molecule has 0 saturated heterocycles. The summed E-state index contributed by atoms with van der Waals surface area (Å²) in [5.41, 5.74) is 9.53. The first-order valence-electron chi connectivity index (χ1n) is 12.7. The van der Waals surface area contributed by atoms with E-state index >= 15 is 0 Å². The number of benzene rings is 2. The summed E-state index contributed by atoms with van der Waals surface area (Å²) in [7, 11) is 0. The van der Waals surface area contributed by atoms with Gasteiger partial charge in [0.1, 0.15) is 11.6 Å². The van der Waals surface area contributed by atoms with Gasteiger partial charge >= 0.3 is 0 Å². The van der Waals surface area contributed by atoms with Crippen LogP contribution in [-0.2, 0) is 0 Å². The van der Waals surface area contributed by atoms with Gasteiger partial charge in [-0.05, 0) is 86.8 Å². The highest BCUT2D eigenvalue weighted by Crippen LogP contribution is 2.35. The van der Waals surface area contributed by atoms with Crippen molar-refractivity contribution in [3.8, 4) is 0 Å². The first kappa shape index (κ1) is 24.4. The number of nitrogen functional groups attached to an aromatic ring is 1. The molecule has 0 amide bonds. The van der Waals surface area contributed by atoms with Gasteiger partial charge in [0, 0.05) is 16.6 Å². The van der Waals surface area contributed by atoms with Crippen molar-refractivity contribution in [1.29, 1.82) is 0 Å². The van der Waals surface area contributed by atoms with Crippen LogP contribution in [0.15, 0.2) is 35.1 Å². The van der Waals surface area contributed by atoms with Crippen LogP contribution >= 0.6 is 0 Å². The number of nitrogens with two attached hydrogens (primary N) is 1. The second kappa shape index (κ2) is 10.7. The van der Waals surface area contributed by atoms with Crippen molar-refractivity contribution in [3.63, 3.8) is 0 Å². The number of anilines is 1. The molecule has 2 fully saturated rings. The fraction of sp³-hybridized carbons (Fsp3) is 0.483. The molecule has 0 unspecified atom stereocenters. The molecule has 2 saturated carbocycles. The lowest BCUT2D eigenvalue weighted by Crippen LogP contribution is -2.12. The Morgan fingerprint density at radius 2 is 1.35 bits per heavy atom. The average Bonchev–Trinajstić information content (AvgIpc) is 2.86. The van der Waals surface area contributed by atoms with Crippen LogP contribution in [0.2, 0.25) is 0 Å². The third kappa shape index (κ3) is 5.34.